The van der Waals surface area contributed by atoms with Crippen LogP contribution in [0.3, 0.4) is 0 Å². The first kappa shape index (κ1) is 23.3. The van der Waals surface area contributed by atoms with E-state index in [-0.39, 0.29) is 39.3 Å². The zero-order valence-electron chi connectivity index (χ0n) is 17.2. The molecule has 1 N–H and O–H groups in total. The van der Waals surface area contributed by atoms with Crippen molar-refractivity contribution < 1.29 is 24.4 Å². The second-order valence-corrected chi connectivity index (χ2v) is 7.84. The quantitative estimate of drug-likeness (QED) is 0.271. The number of aromatic nitrogens is 1. The molecule has 2 rings (SSSR count). The van der Waals surface area contributed by atoms with Crippen LogP contribution in [0.2, 0.25) is 0 Å². The Labute approximate surface area is 179 Å². The first-order chi connectivity index (χ1) is 14.0. The fourth-order valence-electron chi connectivity index (χ4n) is 3.27. The van der Waals surface area contributed by atoms with Gasteiger partial charge in [-0.05, 0) is 46.1 Å². The van der Waals surface area contributed by atoms with E-state index in [1.807, 2.05) is 0 Å². The van der Waals surface area contributed by atoms with Crippen molar-refractivity contribution in [1.29, 1.82) is 0 Å². The maximum atomic E-state index is 13.1. The molecule has 0 atom stereocenters. The van der Waals surface area contributed by atoms with Gasteiger partial charge in [0.2, 0.25) is 0 Å². The number of halogens is 1. The largest absolute Gasteiger partial charge is 0.478 e. The number of pyridine rings is 1. The lowest BCUT2D eigenvalue weighted by Crippen LogP contribution is -2.29. The number of ether oxygens (including phenoxy) is 1. The predicted molar refractivity (Wildman–Crippen MR) is 112 cm³/mol. The molecule has 0 saturated carbocycles. The number of nitro groups is 1. The molecule has 8 nitrogen and oxygen atoms in total. The molecular formula is C21H23ClN2O6. The van der Waals surface area contributed by atoms with Crippen molar-refractivity contribution in [2.75, 3.05) is 5.88 Å². The number of aryl methyl sites for hydroxylation is 2. The van der Waals surface area contributed by atoms with Crippen LogP contribution in [0, 0.1) is 24.0 Å². The minimum Gasteiger partial charge on any atom is -0.478 e. The van der Waals surface area contributed by atoms with Crippen LogP contribution in [0.5, 0.6) is 0 Å². The van der Waals surface area contributed by atoms with E-state index in [1.54, 1.807) is 20.8 Å². The smallest absolute Gasteiger partial charge is 0.341 e. The Morgan fingerprint density at radius 3 is 2.43 bits per heavy atom. The summed E-state index contributed by atoms with van der Waals surface area (Å²) in [7, 11) is 0. The molecule has 1 heterocycles. The molecule has 0 aliphatic heterocycles. The summed E-state index contributed by atoms with van der Waals surface area (Å²) in [5, 5.41) is 21.0. The number of carboxylic acids is 1. The van der Waals surface area contributed by atoms with E-state index >= 15 is 0 Å². The van der Waals surface area contributed by atoms with Crippen LogP contribution in [-0.4, -0.2) is 38.4 Å². The van der Waals surface area contributed by atoms with Crippen molar-refractivity contribution in [3.8, 4) is 11.1 Å². The molecule has 0 saturated heterocycles. The number of nitro benzene ring substituents is 1. The van der Waals surface area contributed by atoms with Gasteiger partial charge in [0.25, 0.3) is 5.69 Å². The van der Waals surface area contributed by atoms with Gasteiger partial charge in [-0.3, -0.25) is 15.1 Å². The fraction of sp³-hybridized carbons (Fsp3) is 0.381. The number of carbonyl (C=O) groups is 2. The summed E-state index contributed by atoms with van der Waals surface area (Å²) in [6.07, 6.45) is 1.14. The second-order valence-electron chi connectivity index (χ2n) is 7.46. The first-order valence-corrected chi connectivity index (χ1v) is 9.80. The minimum atomic E-state index is -1.29. The normalized spacial score (nSPS) is 11.2. The highest BCUT2D eigenvalue weighted by Crippen LogP contribution is 2.34. The standard InChI is InChI=1S/C21H23ClN2O6/c1-12-16(19(25)26)18(14-7-5-8-15(11-14)24(28)29)17(13(2)23-12)20(27)30-21(3,4)9-6-10-22/h5,7-8,11H,6,9-10H2,1-4H3,(H,25,26). The van der Waals surface area contributed by atoms with Gasteiger partial charge >= 0.3 is 11.9 Å². The third-order valence-electron chi connectivity index (χ3n) is 4.60. The molecule has 30 heavy (non-hydrogen) atoms. The van der Waals surface area contributed by atoms with E-state index in [0.717, 1.165) is 0 Å². The van der Waals surface area contributed by atoms with E-state index in [2.05, 4.69) is 4.98 Å². The molecule has 9 heteroatoms. The van der Waals surface area contributed by atoms with E-state index < -0.39 is 22.5 Å². The van der Waals surface area contributed by atoms with Gasteiger partial charge in [-0.15, -0.1) is 11.6 Å². The highest BCUT2D eigenvalue weighted by atomic mass is 35.5. The van der Waals surface area contributed by atoms with Gasteiger partial charge in [-0.1, -0.05) is 12.1 Å². The van der Waals surface area contributed by atoms with Crippen molar-refractivity contribution in [2.45, 2.75) is 46.1 Å². The Kier molecular flexibility index (Phi) is 7.15. The van der Waals surface area contributed by atoms with E-state index in [1.165, 1.54) is 31.2 Å². The van der Waals surface area contributed by atoms with Gasteiger partial charge in [0, 0.05) is 23.6 Å². The van der Waals surface area contributed by atoms with Crippen LogP contribution in [0.1, 0.15) is 58.8 Å². The Hall–Kier alpha value is -3.00. The Morgan fingerprint density at radius 2 is 1.87 bits per heavy atom. The molecule has 0 amide bonds. The summed E-state index contributed by atoms with van der Waals surface area (Å²) in [6, 6.07) is 5.47. The zero-order chi connectivity index (χ0) is 22.6. The molecular weight excluding hydrogens is 412 g/mol. The summed E-state index contributed by atoms with van der Waals surface area (Å²) < 4.78 is 5.66. The first-order valence-electron chi connectivity index (χ1n) is 9.27. The highest BCUT2D eigenvalue weighted by Gasteiger charge is 2.31. The summed E-state index contributed by atoms with van der Waals surface area (Å²) in [5.41, 5.74) is -0.555. The average molecular weight is 435 g/mol. The van der Waals surface area contributed by atoms with Crippen LogP contribution < -0.4 is 0 Å². The second kappa shape index (κ2) is 9.21. The van der Waals surface area contributed by atoms with Crippen LogP contribution in [0.25, 0.3) is 11.1 Å². The number of hydrogen-bond donors (Lipinski definition) is 1. The summed E-state index contributed by atoms with van der Waals surface area (Å²) in [4.78, 5) is 40.0. The van der Waals surface area contributed by atoms with Crippen molar-refractivity contribution in [3.05, 3.63) is 56.9 Å². The number of carboxylic acid groups (broad SMARTS) is 1. The van der Waals surface area contributed by atoms with Crippen LogP contribution in [-0.2, 0) is 4.74 Å². The van der Waals surface area contributed by atoms with Gasteiger partial charge in [0.15, 0.2) is 0 Å². The maximum Gasteiger partial charge on any atom is 0.341 e. The fourth-order valence-corrected chi connectivity index (χ4v) is 3.40. The Balaban J connectivity index is 2.73. The summed E-state index contributed by atoms with van der Waals surface area (Å²) in [6.45, 7) is 6.55. The number of non-ortho nitro benzene ring substituents is 1. The Bertz CT molecular complexity index is 1000. The van der Waals surface area contributed by atoms with Crippen LogP contribution >= 0.6 is 11.6 Å². The molecule has 1 aromatic carbocycles. The Morgan fingerprint density at radius 1 is 1.23 bits per heavy atom. The van der Waals surface area contributed by atoms with Crippen LogP contribution in [0.4, 0.5) is 5.69 Å². The number of benzene rings is 1. The maximum absolute atomic E-state index is 13.1. The number of nitrogens with zero attached hydrogens (tertiary/aromatic N) is 2. The van der Waals surface area contributed by atoms with E-state index in [0.29, 0.717) is 18.7 Å². The number of esters is 1. The molecule has 160 valence electrons. The van der Waals surface area contributed by atoms with Gasteiger partial charge in [0.1, 0.15) is 5.60 Å². The third-order valence-corrected chi connectivity index (χ3v) is 4.87. The predicted octanol–water partition coefficient (Wildman–Crippen LogP) is 4.93. The molecule has 0 fully saturated rings. The molecule has 0 radical (unpaired) electrons. The molecule has 1 aromatic heterocycles. The number of alkyl halides is 1. The summed E-state index contributed by atoms with van der Waals surface area (Å²) in [5.74, 6) is -1.63. The van der Waals surface area contributed by atoms with E-state index in [4.69, 9.17) is 16.3 Å². The number of rotatable bonds is 8. The highest BCUT2D eigenvalue weighted by molar-refractivity contribution is 6.17. The van der Waals surface area contributed by atoms with Crippen molar-refractivity contribution in [1.82, 2.24) is 4.98 Å². The monoisotopic (exact) mass is 434 g/mol. The lowest BCUT2D eigenvalue weighted by atomic mass is 9.92. The molecule has 2 aromatic rings. The van der Waals surface area contributed by atoms with Crippen molar-refractivity contribution in [2.24, 2.45) is 0 Å². The van der Waals surface area contributed by atoms with Crippen molar-refractivity contribution >= 4 is 29.2 Å². The van der Waals surface area contributed by atoms with Gasteiger partial charge in [-0.2, -0.15) is 0 Å². The average Bonchev–Trinajstić information content (AvgIpc) is 2.65. The number of aromatic carboxylic acids is 1. The lowest BCUT2D eigenvalue weighted by molar-refractivity contribution is -0.384. The van der Waals surface area contributed by atoms with Crippen molar-refractivity contribution in [3.63, 3.8) is 0 Å². The lowest BCUT2D eigenvalue weighted by Gasteiger charge is -2.26. The van der Waals surface area contributed by atoms with E-state index in [9.17, 15) is 24.8 Å². The SMILES string of the molecule is Cc1nc(C)c(C(=O)OC(C)(C)CCCCl)c(-c2cccc([N+](=O)[O-])c2)c1C(=O)O. The van der Waals surface area contributed by atoms with Crippen LogP contribution in [0.15, 0.2) is 24.3 Å². The molecule has 0 aliphatic carbocycles. The molecule has 0 unspecified atom stereocenters. The van der Waals surface area contributed by atoms with Gasteiger partial charge in [-0.25, -0.2) is 9.59 Å². The molecule has 0 aliphatic rings. The number of hydrogen-bond acceptors (Lipinski definition) is 6. The molecule has 0 spiro atoms. The third kappa shape index (κ3) is 5.13. The molecule has 0 bridgehead atoms. The summed E-state index contributed by atoms with van der Waals surface area (Å²) >= 11 is 5.73. The zero-order valence-corrected chi connectivity index (χ0v) is 17.9. The number of carbonyl (C=O) groups excluding carboxylic acids is 1. The van der Waals surface area contributed by atoms with Gasteiger partial charge in [0.05, 0.1) is 27.4 Å². The minimum absolute atomic E-state index is 0.0301. The topological polar surface area (TPSA) is 120 Å². The van der Waals surface area contributed by atoms with Gasteiger partial charge < -0.3 is 9.84 Å².